The highest BCUT2D eigenvalue weighted by Crippen LogP contribution is 2.23. The minimum absolute atomic E-state index is 0.00704. The summed E-state index contributed by atoms with van der Waals surface area (Å²) in [6, 6.07) is 3.69. The highest BCUT2D eigenvalue weighted by molar-refractivity contribution is 9.10. The lowest BCUT2D eigenvalue weighted by atomic mass is 10.1. The molecule has 1 aromatic heterocycles. The van der Waals surface area contributed by atoms with Gasteiger partial charge in [0.1, 0.15) is 0 Å². The van der Waals surface area contributed by atoms with Crippen LogP contribution in [0.5, 0.6) is 0 Å². The van der Waals surface area contributed by atoms with Crippen molar-refractivity contribution in [2.24, 2.45) is 7.05 Å². The first-order chi connectivity index (χ1) is 7.08. The van der Waals surface area contributed by atoms with Gasteiger partial charge in [-0.15, -0.1) is 0 Å². The molecule has 2 aromatic rings. The van der Waals surface area contributed by atoms with Crippen LogP contribution in [0.4, 0.5) is 0 Å². The molecule has 0 amide bonds. The third kappa shape index (κ3) is 1.87. The average molecular weight is 269 g/mol. The largest absolute Gasteiger partial charge is 0.481 e. The monoisotopic (exact) mass is 268 g/mol. The van der Waals surface area contributed by atoms with Gasteiger partial charge in [-0.2, -0.15) is 0 Å². The summed E-state index contributed by atoms with van der Waals surface area (Å²) in [6.45, 7) is 0. The molecule has 0 bridgehead atoms. The van der Waals surface area contributed by atoms with E-state index in [1.165, 1.54) is 0 Å². The molecule has 1 heterocycles. The van der Waals surface area contributed by atoms with E-state index < -0.39 is 5.97 Å². The molecule has 5 heteroatoms. The summed E-state index contributed by atoms with van der Waals surface area (Å²) in [5.41, 5.74) is 2.54. The normalized spacial score (nSPS) is 10.8. The van der Waals surface area contributed by atoms with Crippen LogP contribution < -0.4 is 0 Å². The van der Waals surface area contributed by atoms with Gasteiger partial charge in [0.05, 0.1) is 23.8 Å². The Bertz CT molecular complexity index is 533. The third-order valence-corrected chi connectivity index (χ3v) is 2.97. The summed E-state index contributed by atoms with van der Waals surface area (Å²) in [5, 5.41) is 8.72. The number of carboxylic acid groups (broad SMARTS) is 1. The van der Waals surface area contributed by atoms with Gasteiger partial charge < -0.3 is 9.67 Å². The lowest BCUT2D eigenvalue weighted by molar-refractivity contribution is -0.136. The summed E-state index contributed by atoms with van der Waals surface area (Å²) in [4.78, 5) is 14.8. The van der Waals surface area contributed by atoms with Gasteiger partial charge in [-0.3, -0.25) is 4.79 Å². The molecule has 0 radical (unpaired) electrons. The number of rotatable bonds is 2. The molecule has 0 fully saturated rings. The molecule has 0 aliphatic rings. The van der Waals surface area contributed by atoms with Crippen LogP contribution in [0.3, 0.4) is 0 Å². The Labute approximate surface area is 94.7 Å². The van der Waals surface area contributed by atoms with Crippen molar-refractivity contribution in [1.29, 1.82) is 0 Å². The fourth-order valence-corrected chi connectivity index (χ4v) is 1.96. The van der Waals surface area contributed by atoms with Gasteiger partial charge in [-0.05, 0) is 17.7 Å². The third-order valence-electron chi connectivity index (χ3n) is 2.24. The summed E-state index contributed by atoms with van der Waals surface area (Å²) in [7, 11) is 1.90. The van der Waals surface area contributed by atoms with Crippen LogP contribution in [0.25, 0.3) is 11.0 Å². The van der Waals surface area contributed by atoms with Crippen LogP contribution in [0.15, 0.2) is 22.9 Å². The Morgan fingerprint density at radius 1 is 1.60 bits per heavy atom. The van der Waals surface area contributed by atoms with Crippen molar-refractivity contribution in [1.82, 2.24) is 9.55 Å². The summed E-state index contributed by atoms with van der Waals surface area (Å²) in [5.74, 6) is -0.842. The fourth-order valence-electron chi connectivity index (χ4n) is 1.49. The number of carbonyl (C=O) groups is 1. The molecule has 1 N–H and O–H groups in total. The Hall–Kier alpha value is -1.36. The first-order valence-electron chi connectivity index (χ1n) is 4.39. The molecular weight excluding hydrogens is 260 g/mol. The predicted molar refractivity (Wildman–Crippen MR) is 59.8 cm³/mol. The van der Waals surface area contributed by atoms with Crippen molar-refractivity contribution in [3.05, 3.63) is 28.5 Å². The van der Waals surface area contributed by atoms with Gasteiger partial charge in [0.2, 0.25) is 0 Å². The van der Waals surface area contributed by atoms with E-state index in [4.69, 9.17) is 5.11 Å². The van der Waals surface area contributed by atoms with Gasteiger partial charge in [0.15, 0.2) is 0 Å². The van der Waals surface area contributed by atoms with Crippen molar-refractivity contribution in [2.75, 3.05) is 0 Å². The zero-order valence-corrected chi connectivity index (χ0v) is 9.65. The lowest BCUT2D eigenvalue weighted by Crippen LogP contribution is -2.01. The van der Waals surface area contributed by atoms with Crippen LogP contribution in [-0.2, 0) is 18.3 Å². The quantitative estimate of drug-likeness (QED) is 0.906. The number of aryl methyl sites for hydroxylation is 1. The van der Waals surface area contributed by atoms with E-state index in [9.17, 15) is 4.79 Å². The van der Waals surface area contributed by atoms with Crippen LogP contribution in [0.2, 0.25) is 0 Å². The van der Waals surface area contributed by atoms with Crippen LogP contribution >= 0.6 is 15.9 Å². The number of hydrogen-bond donors (Lipinski definition) is 1. The highest BCUT2D eigenvalue weighted by Gasteiger charge is 2.09. The number of aliphatic carboxylic acids is 1. The first-order valence-corrected chi connectivity index (χ1v) is 5.18. The van der Waals surface area contributed by atoms with Crippen molar-refractivity contribution >= 4 is 32.9 Å². The number of imidazole rings is 1. The maximum atomic E-state index is 10.6. The van der Waals surface area contributed by atoms with E-state index in [1.807, 2.05) is 17.7 Å². The zero-order chi connectivity index (χ0) is 11.0. The molecule has 0 atom stereocenters. The average Bonchev–Trinajstić information content (AvgIpc) is 2.48. The van der Waals surface area contributed by atoms with Gasteiger partial charge in [0, 0.05) is 11.5 Å². The number of benzene rings is 1. The Kier molecular flexibility index (Phi) is 2.48. The predicted octanol–water partition coefficient (Wildman–Crippen LogP) is 1.96. The molecule has 0 aliphatic carbocycles. The number of hydrogen-bond acceptors (Lipinski definition) is 2. The van der Waals surface area contributed by atoms with E-state index >= 15 is 0 Å². The summed E-state index contributed by atoms with van der Waals surface area (Å²) < 4.78 is 2.70. The molecule has 4 nitrogen and oxygen atoms in total. The molecule has 0 aliphatic heterocycles. The standard InChI is InChI=1S/C10H9BrN2O2/c1-13-5-12-8-2-6(3-10(14)15)7(11)4-9(8)13/h2,4-5H,3H2,1H3,(H,14,15). The van der Waals surface area contributed by atoms with Crippen molar-refractivity contribution in [3.63, 3.8) is 0 Å². The summed E-state index contributed by atoms with van der Waals surface area (Å²) >= 11 is 3.36. The van der Waals surface area contributed by atoms with E-state index in [-0.39, 0.29) is 6.42 Å². The molecule has 78 valence electrons. The summed E-state index contributed by atoms with van der Waals surface area (Å²) in [6.07, 6.45) is 1.72. The van der Waals surface area contributed by atoms with Gasteiger partial charge in [-0.25, -0.2) is 4.98 Å². The van der Waals surface area contributed by atoms with Crippen LogP contribution in [0.1, 0.15) is 5.56 Å². The highest BCUT2D eigenvalue weighted by atomic mass is 79.9. The van der Waals surface area contributed by atoms with E-state index in [0.717, 1.165) is 21.1 Å². The van der Waals surface area contributed by atoms with Crippen LogP contribution in [0, 0.1) is 0 Å². The number of nitrogens with zero attached hydrogens (tertiary/aromatic N) is 2. The minimum atomic E-state index is -0.842. The molecular formula is C10H9BrN2O2. The lowest BCUT2D eigenvalue weighted by Gasteiger charge is -2.02. The van der Waals surface area contributed by atoms with E-state index in [1.54, 1.807) is 12.4 Å². The van der Waals surface area contributed by atoms with Crippen molar-refractivity contribution in [3.8, 4) is 0 Å². The first kappa shape index (κ1) is 10.2. The number of fused-ring (bicyclic) bond motifs is 1. The fraction of sp³-hybridized carbons (Fsp3) is 0.200. The molecule has 0 spiro atoms. The Morgan fingerprint density at radius 3 is 3.00 bits per heavy atom. The van der Waals surface area contributed by atoms with E-state index in [2.05, 4.69) is 20.9 Å². The Morgan fingerprint density at radius 2 is 2.33 bits per heavy atom. The number of carboxylic acids is 1. The maximum absolute atomic E-state index is 10.6. The maximum Gasteiger partial charge on any atom is 0.307 e. The second-order valence-corrected chi connectivity index (χ2v) is 4.21. The SMILES string of the molecule is Cn1cnc2cc(CC(=O)O)c(Br)cc21. The smallest absolute Gasteiger partial charge is 0.307 e. The Balaban J connectivity index is 2.57. The van der Waals surface area contributed by atoms with Gasteiger partial charge in [0.25, 0.3) is 0 Å². The topological polar surface area (TPSA) is 55.1 Å². The van der Waals surface area contributed by atoms with E-state index in [0.29, 0.717) is 0 Å². The van der Waals surface area contributed by atoms with Gasteiger partial charge >= 0.3 is 5.97 Å². The second-order valence-electron chi connectivity index (χ2n) is 3.36. The molecule has 2 rings (SSSR count). The molecule has 0 saturated carbocycles. The minimum Gasteiger partial charge on any atom is -0.481 e. The molecule has 15 heavy (non-hydrogen) atoms. The molecule has 0 saturated heterocycles. The number of aromatic nitrogens is 2. The van der Waals surface area contributed by atoms with Crippen LogP contribution in [-0.4, -0.2) is 20.6 Å². The second kappa shape index (κ2) is 3.66. The van der Waals surface area contributed by atoms with Crippen molar-refractivity contribution in [2.45, 2.75) is 6.42 Å². The zero-order valence-electron chi connectivity index (χ0n) is 8.07. The van der Waals surface area contributed by atoms with Gasteiger partial charge in [-0.1, -0.05) is 15.9 Å². The molecule has 1 aromatic carbocycles. The van der Waals surface area contributed by atoms with Crippen molar-refractivity contribution < 1.29 is 9.90 Å². The number of halogens is 1. The molecule has 0 unspecified atom stereocenters.